The molecule has 0 spiro atoms. The second-order valence-electron chi connectivity index (χ2n) is 4.82. The summed E-state index contributed by atoms with van der Waals surface area (Å²) in [6.07, 6.45) is 2.12. The molecule has 1 aliphatic carbocycles. The van der Waals surface area contributed by atoms with Gasteiger partial charge in [-0.2, -0.15) is 0 Å². The van der Waals surface area contributed by atoms with Crippen molar-refractivity contribution < 1.29 is 4.74 Å². The first-order valence-corrected chi connectivity index (χ1v) is 7.35. The second-order valence-corrected chi connectivity index (χ2v) is 5.51. The molecule has 0 bridgehead atoms. The molecule has 0 aliphatic heterocycles. The van der Waals surface area contributed by atoms with E-state index in [0.29, 0.717) is 11.8 Å². The molecule has 1 aliphatic rings. The topological polar surface area (TPSA) is 12.5 Å². The SMILES string of the molecule is CN(CCCl)C(CCl)C1(Oc2ccccc2)CC1. The van der Waals surface area contributed by atoms with E-state index in [4.69, 9.17) is 27.9 Å². The van der Waals surface area contributed by atoms with Gasteiger partial charge in [0.2, 0.25) is 0 Å². The van der Waals surface area contributed by atoms with Crippen LogP contribution in [0.5, 0.6) is 5.75 Å². The van der Waals surface area contributed by atoms with E-state index in [2.05, 4.69) is 11.9 Å². The van der Waals surface area contributed by atoms with Crippen molar-refractivity contribution in [2.24, 2.45) is 0 Å². The molecule has 0 heterocycles. The average Bonchev–Trinajstić information content (AvgIpc) is 3.12. The van der Waals surface area contributed by atoms with Gasteiger partial charge in [-0.3, -0.25) is 4.90 Å². The zero-order valence-corrected chi connectivity index (χ0v) is 12.1. The lowest BCUT2D eigenvalue weighted by Gasteiger charge is -2.33. The van der Waals surface area contributed by atoms with E-state index in [-0.39, 0.29) is 11.6 Å². The summed E-state index contributed by atoms with van der Waals surface area (Å²) in [5.74, 6) is 2.11. The van der Waals surface area contributed by atoms with Gasteiger partial charge in [-0.05, 0) is 32.0 Å². The first-order chi connectivity index (χ1) is 8.72. The van der Waals surface area contributed by atoms with Gasteiger partial charge in [-0.25, -0.2) is 0 Å². The summed E-state index contributed by atoms with van der Waals surface area (Å²) in [4.78, 5) is 2.20. The van der Waals surface area contributed by atoms with Crippen molar-refractivity contribution in [3.8, 4) is 5.75 Å². The molecular weight excluding hydrogens is 269 g/mol. The highest BCUT2D eigenvalue weighted by molar-refractivity contribution is 6.18. The third-order valence-electron chi connectivity index (χ3n) is 3.53. The van der Waals surface area contributed by atoms with E-state index in [1.807, 2.05) is 30.3 Å². The molecule has 0 saturated heterocycles. The van der Waals surface area contributed by atoms with Crippen LogP contribution in [-0.2, 0) is 0 Å². The molecule has 2 rings (SSSR count). The summed E-state index contributed by atoms with van der Waals surface area (Å²) in [6, 6.07) is 10.2. The number of benzene rings is 1. The predicted molar refractivity (Wildman–Crippen MR) is 76.9 cm³/mol. The predicted octanol–water partition coefficient (Wildman–Crippen LogP) is 3.38. The third kappa shape index (κ3) is 3.11. The van der Waals surface area contributed by atoms with Crippen molar-refractivity contribution >= 4 is 23.2 Å². The number of hydrogen-bond acceptors (Lipinski definition) is 2. The minimum atomic E-state index is -0.121. The maximum absolute atomic E-state index is 6.16. The summed E-state index contributed by atoms with van der Waals surface area (Å²) in [5, 5.41) is 0. The van der Waals surface area contributed by atoms with Gasteiger partial charge < -0.3 is 4.74 Å². The molecule has 18 heavy (non-hydrogen) atoms. The fraction of sp³-hybridized carbons (Fsp3) is 0.571. The molecule has 1 aromatic rings. The van der Waals surface area contributed by atoms with Gasteiger partial charge in [0.1, 0.15) is 11.4 Å². The molecule has 0 amide bonds. The van der Waals surface area contributed by atoms with Gasteiger partial charge in [-0.1, -0.05) is 18.2 Å². The highest BCUT2D eigenvalue weighted by Crippen LogP contribution is 2.45. The van der Waals surface area contributed by atoms with Gasteiger partial charge >= 0.3 is 0 Å². The third-order valence-corrected chi connectivity index (χ3v) is 3.99. The molecule has 0 radical (unpaired) electrons. The number of likely N-dealkylation sites (N-methyl/N-ethyl adjacent to an activating group) is 1. The van der Waals surface area contributed by atoms with Crippen LogP contribution in [0.4, 0.5) is 0 Å². The highest BCUT2D eigenvalue weighted by Gasteiger charge is 2.53. The summed E-state index contributed by atoms with van der Waals surface area (Å²) >= 11 is 11.9. The Kier molecular flexibility index (Phi) is 4.77. The zero-order valence-electron chi connectivity index (χ0n) is 10.6. The van der Waals surface area contributed by atoms with Crippen LogP contribution in [-0.4, -0.2) is 41.9 Å². The Balaban J connectivity index is 2.05. The van der Waals surface area contributed by atoms with Crippen molar-refractivity contribution in [1.82, 2.24) is 4.90 Å². The number of alkyl halides is 2. The number of halogens is 2. The largest absolute Gasteiger partial charge is 0.486 e. The first kappa shape index (κ1) is 14.0. The van der Waals surface area contributed by atoms with Crippen LogP contribution in [0.1, 0.15) is 12.8 Å². The normalized spacial score (nSPS) is 18.7. The summed E-state index contributed by atoms with van der Waals surface area (Å²) in [6.45, 7) is 0.832. The molecule has 1 atom stereocenters. The van der Waals surface area contributed by atoms with E-state index < -0.39 is 0 Å². The van der Waals surface area contributed by atoms with Crippen LogP contribution in [0, 0.1) is 0 Å². The smallest absolute Gasteiger partial charge is 0.126 e. The molecule has 1 aromatic carbocycles. The van der Waals surface area contributed by atoms with Gasteiger partial charge in [0, 0.05) is 18.3 Å². The Hall–Kier alpha value is -0.440. The molecule has 1 fully saturated rings. The summed E-state index contributed by atoms with van der Waals surface area (Å²) in [5.41, 5.74) is -0.121. The van der Waals surface area contributed by atoms with E-state index >= 15 is 0 Å². The quantitative estimate of drug-likeness (QED) is 0.713. The summed E-state index contributed by atoms with van der Waals surface area (Å²) in [7, 11) is 2.06. The van der Waals surface area contributed by atoms with Crippen molar-refractivity contribution in [3.05, 3.63) is 30.3 Å². The van der Waals surface area contributed by atoms with Crippen molar-refractivity contribution in [2.45, 2.75) is 24.5 Å². The number of para-hydroxylation sites is 1. The molecule has 100 valence electrons. The fourth-order valence-electron chi connectivity index (χ4n) is 2.30. The number of ether oxygens (including phenoxy) is 1. The molecule has 0 N–H and O–H groups in total. The number of rotatable bonds is 7. The highest BCUT2D eigenvalue weighted by atomic mass is 35.5. The van der Waals surface area contributed by atoms with Crippen molar-refractivity contribution in [2.75, 3.05) is 25.4 Å². The molecule has 4 heteroatoms. The minimum Gasteiger partial charge on any atom is -0.486 e. The maximum atomic E-state index is 6.16. The average molecular weight is 288 g/mol. The second kappa shape index (κ2) is 6.14. The lowest BCUT2D eigenvalue weighted by molar-refractivity contribution is 0.0773. The van der Waals surface area contributed by atoms with Crippen LogP contribution >= 0.6 is 23.2 Å². The van der Waals surface area contributed by atoms with Crippen LogP contribution in [0.15, 0.2) is 30.3 Å². The standard InChI is InChI=1S/C14H19Cl2NO/c1-17(10-9-15)13(11-16)14(7-8-14)18-12-5-3-2-4-6-12/h2-6,13H,7-11H2,1H3. The van der Waals surface area contributed by atoms with E-state index in [1.165, 1.54) is 0 Å². The maximum Gasteiger partial charge on any atom is 0.126 e. The molecule has 2 nitrogen and oxygen atoms in total. The Bertz CT molecular complexity index is 367. The monoisotopic (exact) mass is 287 g/mol. The van der Waals surface area contributed by atoms with Crippen LogP contribution in [0.25, 0.3) is 0 Å². The molecule has 1 unspecified atom stereocenters. The minimum absolute atomic E-state index is 0.121. The van der Waals surface area contributed by atoms with E-state index in [9.17, 15) is 0 Å². The lowest BCUT2D eigenvalue weighted by Crippen LogP contribution is -2.48. The Morgan fingerprint density at radius 3 is 2.44 bits per heavy atom. The van der Waals surface area contributed by atoms with Crippen molar-refractivity contribution in [1.29, 1.82) is 0 Å². The Morgan fingerprint density at radius 1 is 1.28 bits per heavy atom. The van der Waals surface area contributed by atoms with Gasteiger partial charge in [0.05, 0.1) is 6.04 Å². The molecular formula is C14H19Cl2NO. The van der Waals surface area contributed by atoms with Gasteiger partial charge in [0.15, 0.2) is 0 Å². The molecule has 0 aromatic heterocycles. The number of hydrogen-bond donors (Lipinski definition) is 0. The van der Waals surface area contributed by atoms with E-state index in [1.54, 1.807) is 0 Å². The van der Waals surface area contributed by atoms with E-state index in [0.717, 1.165) is 25.1 Å². The summed E-state index contributed by atoms with van der Waals surface area (Å²) < 4.78 is 6.16. The van der Waals surface area contributed by atoms with Crippen LogP contribution < -0.4 is 4.74 Å². The Morgan fingerprint density at radius 2 is 1.94 bits per heavy atom. The Labute approximate surface area is 119 Å². The van der Waals surface area contributed by atoms with Crippen molar-refractivity contribution in [3.63, 3.8) is 0 Å². The van der Waals surface area contributed by atoms with Gasteiger partial charge in [0.25, 0.3) is 0 Å². The zero-order chi connectivity index (χ0) is 13.0. The van der Waals surface area contributed by atoms with Gasteiger partial charge in [-0.15, -0.1) is 23.2 Å². The first-order valence-electron chi connectivity index (χ1n) is 6.28. The lowest BCUT2D eigenvalue weighted by atomic mass is 10.1. The fourth-order valence-corrected chi connectivity index (χ4v) is 3.08. The molecule has 1 saturated carbocycles. The van der Waals surface area contributed by atoms with Crippen LogP contribution in [0.3, 0.4) is 0 Å². The van der Waals surface area contributed by atoms with Crippen LogP contribution in [0.2, 0.25) is 0 Å². The number of nitrogens with zero attached hydrogens (tertiary/aromatic N) is 1.